The molecular weight excluding hydrogens is 485 g/mol. The molecular formula is C31H66FNO3S. The lowest BCUT2D eigenvalue weighted by Crippen LogP contribution is -2.47. The van der Waals surface area contributed by atoms with E-state index in [0.717, 1.165) is 38.5 Å². The number of halogens is 1. The van der Waals surface area contributed by atoms with Crippen LogP contribution < -0.4 is 0 Å². The maximum atomic E-state index is 14.8. The van der Waals surface area contributed by atoms with Crippen molar-refractivity contribution in [1.82, 2.24) is 0 Å². The summed E-state index contributed by atoms with van der Waals surface area (Å²) < 4.78 is 50.4. The smallest absolute Gasteiger partial charge is 0.199 e. The first-order chi connectivity index (χ1) is 17.6. The molecule has 0 bridgehead atoms. The Morgan fingerprint density at radius 2 is 0.757 bits per heavy atom. The maximum Gasteiger partial charge on any atom is 0.199 e. The van der Waals surface area contributed by atoms with Crippen molar-refractivity contribution in [3.63, 3.8) is 0 Å². The monoisotopic (exact) mass is 551 g/mol. The molecule has 0 N–H and O–H groups in total. The van der Waals surface area contributed by atoms with Gasteiger partial charge in [0, 0.05) is 0 Å². The van der Waals surface area contributed by atoms with Crippen molar-refractivity contribution in [2.75, 3.05) is 26.2 Å². The number of nitrogens with zero attached hydrogens (tertiary/aromatic N) is 1. The van der Waals surface area contributed by atoms with Gasteiger partial charge in [0.05, 0.1) is 26.2 Å². The molecule has 37 heavy (non-hydrogen) atoms. The average molecular weight is 552 g/mol. The van der Waals surface area contributed by atoms with E-state index in [1.54, 1.807) is 0 Å². The Balaban J connectivity index is 0. The number of unbranched alkanes of at least 4 members (excludes halogenated alkanes) is 16. The summed E-state index contributed by atoms with van der Waals surface area (Å²) in [6.07, 6.45) is 19.1. The molecule has 0 fully saturated rings. The maximum absolute atomic E-state index is 14.8. The number of rotatable bonds is 25. The Labute approximate surface area is 232 Å². The first kappa shape index (κ1) is 38.9. The van der Waals surface area contributed by atoms with Crippen LogP contribution in [0.2, 0.25) is 0 Å². The number of quaternary nitrogens is 1. The van der Waals surface area contributed by atoms with Gasteiger partial charge in [-0.2, -0.15) is 0 Å². The quantitative estimate of drug-likeness (QED) is 0.0644. The second-order valence-corrected chi connectivity index (χ2v) is 12.7. The van der Waals surface area contributed by atoms with Crippen molar-refractivity contribution in [2.24, 2.45) is 0 Å². The van der Waals surface area contributed by atoms with Crippen molar-refractivity contribution >= 4 is 10.1 Å². The summed E-state index contributed by atoms with van der Waals surface area (Å²) in [5.41, 5.74) is 0. The van der Waals surface area contributed by atoms with E-state index >= 15 is 0 Å². The van der Waals surface area contributed by atoms with Gasteiger partial charge in [-0.1, -0.05) is 117 Å². The number of hydrogen-bond donors (Lipinski definition) is 0. The van der Waals surface area contributed by atoms with E-state index in [-0.39, 0.29) is 12.8 Å². The largest absolute Gasteiger partial charge is 0.745 e. The van der Waals surface area contributed by atoms with Gasteiger partial charge < -0.3 is 9.04 Å². The Bertz CT molecular complexity index is 563. The molecule has 0 aliphatic carbocycles. The predicted molar refractivity (Wildman–Crippen MR) is 160 cm³/mol. The standard InChI is InChI=1S/C23H47FO3S.C8H20N/c1-3-5-7-9-11-12-13-14-16-18-20-22-23(24,28(25,26)27)21-19-17-15-10-8-6-4-2;1-5-9(6-2,7-3)8-4/h3-22H2,1-2H3,(H,25,26,27);5-8H2,1-4H3/q;+1/p-1. The van der Waals surface area contributed by atoms with Gasteiger partial charge >= 0.3 is 0 Å². The summed E-state index contributed by atoms with van der Waals surface area (Å²) in [5.74, 6) is 0. The first-order valence-electron chi connectivity index (χ1n) is 16.1. The van der Waals surface area contributed by atoms with E-state index in [1.807, 2.05) is 0 Å². The molecule has 0 rings (SSSR count). The van der Waals surface area contributed by atoms with E-state index in [1.165, 1.54) is 94.9 Å². The summed E-state index contributed by atoms with van der Waals surface area (Å²) in [7, 11) is -4.90. The van der Waals surface area contributed by atoms with Crippen LogP contribution >= 0.6 is 0 Å². The van der Waals surface area contributed by atoms with Gasteiger partial charge in [0.15, 0.2) is 5.00 Å². The minimum absolute atomic E-state index is 0.133. The van der Waals surface area contributed by atoms with Crippen LogP contribution in [0.25, 0.3) is 0 Å². The van der Waals surface area contributed by atoms with E-state index in [9.17, 15) is 17.4 Å². The van der Waals surface area contributed by atoms with Gasteiger partial charge in [0.25, 0.3) is 0 Å². The second kappa shape index (κ2) is 24.8. The van der Waals surface area contributed by atoms with E-state index in [2.05, 4.69) is 41.5 Å². The fourth-order valence-corrected chi connectivity index (χ4v) is 5.90. The van der Waals surface area contributed by atoms with E-state index in [4.69, 9.17) is 0 Å². The van der Waals surface area contributed by atoms with Crippen LogP contribution in [0.4, 0.5) is 4.39 Å². The molecule has 0 aliphatic rings. The lowest BCUT2D eigenvalue weighted by molar-refractivity contribution is -0.921. The second-order valence-electron chi connectivity index (χ2n) is 11.1. The molecule has 226 valence electrons. The Hall–Kier alpha value is -0.200. The van der Waals surface area contributed by atoms with E-state index < -0.39 is 15.1 Å². The highest BCUT2D eigenvalue weighted by molar-refractivity contribution is 7.87. The van der Waals surface area contributed by atoms with Gasteiger partial charge in [0.2, 0.25) is 0 Å². The SMILES string of the molecule is CCCCCCCCCCCCCC(F)(CCCCCCCCC)S(=O)(=O)[O-].CC[N+](CC)(CC)CC. The number of hydrogen-bond acceptors (Lipinski definition) is 3. The van der Waals surface area contributed by atoms with Crippen molar-refractivity contribution in [3.8, 4) is 0 Å². The zero-order chi connectivity index (χ0) is 28.5. The zero-order valence-corrected chi connectivity index (χ0v) is 26.7. The van der Waals surface area contributed by atoms with Crippen LogP contribution in [-0.2, 0) is 10.1 Å². The van der Waals surface area contributed by atoms with Crippen LogP contribution in [0.3, 0.4) is 0 Å². The fourth-order valence-electron chi connectivity index (χ4n) is 5.12. The Kier molecular flexibility index (Phi) is 26.1. The lowest BCUT2D eigenvalue weighted by atomic mass is 10.0. The minimum atomic E-state index is -4.90. The zero-order valence-electron chi connectivity index (χ0n) is 25.9. The highest BCUT2D eigenvalue weighted by Gasteiger charge is 2.36. The van der Waals surface area contributed by atoms with Gasteiger partial charge in [-0.3, -0.25) is 0 Å². The summed E-state index contributed by atoms with van der Waals surface area (Å²) in [5, 5.41) is -2.56. The first-order valence-corrected chi connectivity index (χ1v) is 17.5. The molecule has 0 aliphatic heterocycles. The third-order valence-electron chi connectivity index (χ3n) is 8.44. The van der Waals surface area contributed by atoms with Gasteiger partial charge in [0.1, 0.15) is 10.1 Å². The summed E-state index contributed by atoms with van der Waals surface area (Å²) in [6, 6.07) is 0. The van der Waals surface area contributed by atoms with Crippen molar-refractivity contribution in [1.29, 1.82) is 0 Å². The molecule has 1 atom stereocenters. The molecule has 0 spiro atoms. The third-order valence-corrected chi connectivity index (χ3v) is 9.74. The average Bonchev–Trinajstić information content (AvgIpc) is 2.88. The highest BCUT2D eigenvalue weighted by atomic mass is 32.2. The summed E-state index contributed by atoms with van der Waals surface area (Å²) >= 11 is 0. The van der Waals surface area contributed by atoms with Crippen LogP contribution in [0, 0.1) is 0 Å². The Morgan fingerprint density at radius 1 is 0.514 bits per heavy atom. The molecule has 0 aromatic heterocycles. The van der Waals surface area contributed by atoms with Gasteiger partial charge in [-0.15, -0.1) is 0 Å². The Morgan fingerprint density at radius 3 is 0.946 bits per heavy atom. The highest BCUT2D eigenvalue weighted by Crippen LogP contribution is 2.32. The van der Waals surface area contributed by atoms with Crippen LogP contribution in [-0.4, -0.2) is 48.6 Å². The molecule has 0 saturated carbocycles. The predicted octanol–water partition coefficient (Wildman–Crippen LogP) is 9.92. The van der Waals surface area contributed by atoms with Crippen LogP contribution in [0.15, 0.2) is 0 Å². The normalized spacial score (nSPS) is 13.7. The minimum Gasteiger partial charge on any atom is -0.745 e. The molecule has 0 amide bonds. The summed E-state index contributed by atoms with van der Waals surface area (Å²) in [6.45, 7) is 18.6. The molecule has 6 heteroatoms. The van der Waals surface area contributed by atoms with Crippen LogP contribution in [0.5, 0.6) is 0 Å². The fraction of sp³-hybridized carbons (Fsp3) is 1.00. The van der Waals surface area contributed by atoms with Gasteiger partial charge in [-0.05, 0) is 53.4 Å². The number of alkyl halides is 1. The molecule has 0 saturated heterocycles. The molecule has 4 nitrogen and oxygen atoms in total. The van der Waals surface area contributed by atoms with Crippen molar-refractivity contribution in [2.45, 2.75) is 175 Å². The lowest BCUT2D eigenvalue weighted by Gasteiger charge is -2.34. The van der Waals surface area contributed by atoms with Gasteiger partial charge in [-0.25, -0.2) is 12.8 Å². The van der Waals surface area contributed by atoms with Crippen molar-refractivity contribution in [3.05, 3.63) is 0 Å². The topological polar surface area (TPSA) is 57.2 Å². The molecule has 0 heterocycles. The van der Waals surface area contributed by atoms with E-state index in [0.29, 0.717) is 12.8 Å². The molecule has 0 radical (unpaired) electrons. The molecule has 0 aromatic carbocycles. The summed E-state index contributed by atoms with van der Waals surface area (Å²) in [4.78, 5) is 0. The van der Waals surface area contributed by atoms with Crippen LogP contribution in [0.1, 0.15) is 170 Å². The molecule has 0 aromatic rings. The van der Waals surface area contributed by atoms with Crippen molar-refractivity contribution < 1.29 is 21.8 Å². The molecule has 1 unspecified atom stereocenters. The third kappa shape index (κ3) is 20.4.